The lowest BCUT2D eigenvalue weighted by atomic mass is 10.0. The fraction of sp³-hybridized carbons (Fsp3) is 0.385. The molecule has 0 saturated heterocycles. The molecule has 0 aliphatic rings. The molecule has 5 heteroatoms. The van der Waals surface area contributed by atoms with E-state index in [1.165, 1.54) is 5.56 Å². The summed E-state index contributed by atoms with van der Waals surface area (Å²) >= 11 is 0.817. The van der Waals surface area contributed by atoms with Gasteiger partial charge < -0.3 is 11.1 Å². The van der Waals surface area contributed by atoms with E-state index in [4.69, 9.17) is 5.73 Å². The van der Waals surface area contributed by atoms with Crippen LogP contribution in [0.25, 0.3) is 0 Å². The van der Waals surface area contributed by atoms with E-state index in [1.807, 2.05) is 24.3 Å². The van der Waals surface area contributed by atoms with Gasteiger partial charge >= 0.3 is 0 Å². The molecular formula is C13H18N2O2S. The number of nitrogens with one attached hydrogen (secondary N) is 1. The number of carbonyl (C=O) groups excluding carboxylic acids is 2. The molecule has 0 saturated carbocycles. The van der Waals surface area contributed by atoms with E-state index >= 15 is 0 Å². The predicted molar refractivity (Wildman–Crippen MR) is 75.8 cm³/mol. The molecule has 3 N–H and O–H groups in total. The van der Waals surface area contributed by atoms with Gasteiger partial charge in [-0.05, 0) is 30.5 Å². The maximum atomic E-state index is 11.7. The molecule has 0 bridgehead atoms. The third-order valence-corrected chi connectivity index (χ3v) is 3.31. The molecule has 0 heterocycles. The second-order valence-corrected chi connectivity index (χ2v) is 5.69. The number of hydrogen-bond acceptors (Lipinski definition) is 3. The van der Waals surface area contributed by atoms with E-state index in [9.17, 15) is 9.59 Å². The normalized spacial score (nSPS) is 12.2. The Hall–Kier alpha value is -1.49. The van der Waals surface area contributed by atoms with Gasteiger partial charge in [0, 0.05) is 5.69 Å². The van der Waals surface area contributed by atoms with E-state index in [1.54, 1.807) is 6.92 Å². The van der Waals surface area contributed by atoms with Crippen molar-refractivity contribution >= 4 is 28.6 Å². The Bertz CT molecular complexity index is 429. The monoisotopic (exact) mass is 266 g/mol. The molecule has 1 atom stereocenters. The van der Waals surface area contributed by atoms with Crippen molar-refractivity contribution in [3.63, 3.8) is 0 Å². The number of nitrogens with two attached hydrogens (primary N) is 1. The summed E-state index contributed by atoms with van der Waals surface area (Å²) in [6.45, 7) is 5.87. The first-order chi connectivity index (χ1) is 8.40. The SMILES string of the molecule is CC(SC(N)=O)C(=O)Nc1ccc(C(C)C)cc1. The highest BCUT2D eigenvalue weighted by Crippen LogP contribution is 2.18. The van der Waals surface area contributed by atoms with Gasteiger partial charge in [0.2, 0.25) is 5.91 Å². The first-order valence-corrected chi connectivity index (χ1v) is 6.65. The van der Waals surface area contributed by atoms with Crippen molar-refractivity contribution in [2.45, 2.75) is 31.9 Å². The zero-order valence-electron chi connectivity index (χ0n) is 10.8. The first kappa shape index (κ1) is 14.6. The van der Waals surface area contributed by atoms with Gasteiger partial charge in [-0.25, -0.2) is 0 Å². The average Bonchev–Trinajstić information content (AvgIpc) is 2.28. The van der Waals surface area contributed by atoms with Gasteiger partial charge in [0.05, 0.1) is 5.25 Å². The van der Waals surface area contributed by atoms with Crippen LogP contribution in [0.3, 0.4) is 0 Å². The van der Waals surface area contributed by atoms with Crippen LogP contribution in [0.15, 0.2) is 24.3 Å². The van der Waals surface area contributed by atoms with Crippen LogP contribution < -0.4 is 11.1 Å². The van der Waals surface area contributed by atoms with Gasteiger partial charge in [0.25, 0.3) is 5.24 Å². The minimum atomic E-state index is -0.548. The number of hydrogen-bond donors (Lipinski definition) is 2. The van der Waals surface area contributed by atoms with E-state index in [-0.39, 0.29) is 5.91 Å². The number of rotatable bonds is 4. The Kier molecular flexibility index (Phi) is 5.22. The van der Waals surface area contributed by atoms with Crippen molar-refractivity contribution in [2.75, 3.05) is 5.32 Å². The van der Waals surface area contributed by atoms with Gasteiger partial charge in [0.1, 0.15) is 0 Å². The molecule has 4 nitrogen and oxygen atoms in total. The number of amides is 2. The lowest BCUT2D eigenvalue weighted by molar-refractivity contribution is -0.115. The third-order valence-electron chi connectivity index (χ3n) is 2.51. The summed E-state index contributed by atoms with van der Waals surface area (Å²) in [5, 5.41) is 1.70. The van der Waals surface area contributed by atoms with Crippen molar-refractivity contribution in [1.82, 2.24) is 0 Å². The van der Waals surface area contributed by atoms with Crippen LogP contribution in [0, 0.1) is 0 Å². The zero-order valence-corrected chi connectivity index (χ0v) is 11.6. The standard InChI is InChI=1S/C13H18N2O2S/c1-8(2)10-4-6-11(7-5-10)15-12(16)9(3)18-13(14)17/h4-9H,1-3H3,(H2,14,17)(H,15,16). The van der Waals surface area contributed by atoms with Crippen molar-refractivity contribution < 1.29 is 9.59 Å². The predicted octanol–water partition coefficient (Wildman–Crippen LogP) is 2.95. The second-order valence-electron chi connectivity index (χ2n) is 4.35. The Labute approximate surface area is 111 Å². The molecule has 0 radical (unpaired) electrons. The van der Waals surface area contributed by atoms with Gasteiger partial charge in [-0.2, -0.15) is 0 Å². The van der Waals surface area contributed by atoms with Crippen LogP contribution in [-0.4, -0.2) is 16.4 Å². The Balaban J connectivity index is 2.62. The molecule has 1 rings (SSSR count). The van der Waals surface area contributed by atoms with E-state index in [0.717, 1.165) is 17.4 Å². The smallest absolute Gasteiger partial charge is 0.277 e. The van der Waals surface area contributed by atoms with E-state index < -0.39 is 10.5 Å². The summed E-state index contributed by atoms with van der Waals surface area (Å²) in [6.07, 6.45) is 0. The molecule has 18 heavy (non-hydrogen) atoms. The molecule has 98 valence electrons. The highest BCUT2D eigenvalue weighted by molar-refractivity contribution is 8.14. The van der Waals surface area contributed by atoms with Gasteiger partial charge in [0.15, 0.2) is 0 Å². The van der Waals surface area contributed by atoms with Gasteiger partial charge in [-0.3, -0.25) is 9.59 Å². The Morgan fingerprint density at radius 1 is 1.17 bits per heavy atom. The van der Waals surface area contributed by atoms with Crippen molar-refractivity contribution in [3.05, 3.63) is 29.8 Å². The van der Waals surface area contributed by atoms with Gasteiger partial charge in [-0.15, -0.1) is 0 Å². The van der Waals surface area contributed by atoms with Crippen LogP contribution in [0.1, 0.15) is 32.3 Å². The number of anilines is 1. The molecule has 0 aliphatic heterocycles. The largest absolute Gasteiger partial charge is 0.360 e. The maximum Gasteiger partial charge on any atom is 0.277 e. The highest BCUT2D eigenvalue weighted by Gasteiger charge is 2.16. The molecule has 2 amide bonds. The second kappa shape index (κ2) is 6.44. The molecule has 1 aromatic rings. The maximum absolute atomic E-state index is 11.7. The fourth-order valence-electron chi connectivity index (χ4n) is 1.42. The van der Waals surface area contributed by atoms with Crippen molar-refractivity contribution in [2.24, 2.45) is 5.73 Å². The lowest BCUT2D eigenvalue weighted by Gasteiger charge is -2.11. The number of thioether (sulfide) groups is 1. The summed E-state index contributed by atoms with van der Waals surface area (Å²) in [6, 6.07) is 7.67. The molecule has 0 spiro atoms. The molecule has 1 unspecified atom stereocenters. The number of primary amides is 1. The van der Waals surface area contributed by atoms with Crippen LogP contribution in [0.2, 0.25) is 0 Å². The molecule has 1 aromatic carbocycles. The molecular weight excluding hydrogens is 248 g/mol. The number of benzene rings is 1. The Morgan fingerprint density at radius 2 is 1.72 bits per heavy atom. The van der Waals surface area contributed by atoms with Crippen LogP contribution in [-0.2, 0) is 4.79 Å². The molecule has 0 fully saturated rings. The van der Waals surface area contributed by atoms with Crippen LogP contribution in [0.4, 0.5) is 10.5 Å². The van der Waals surface area contributed by atoms with E-state index in [0.29, 0.717) is 5.92 Å². The van der Waals surface area contributed by atoms with Crippen molar-refractivity contribution in [1.29, 1.82) is 0 Å². The summed E-state index contributed by atoms with van der Waals surface area (Å²) < 4.78 is 0. The third kappa shape index (κ3) is 4.41. The van der Waals surface area contributed by atoms with Crippen LogP contribution in [0.5, 0.6) is 0 Å². The average molecular weight is 266 g/mol. The fourth-order valence-corrected chi connectivity index (χ4v) is 1.94. The lowest BCUT2D eigenvalue weighted by Crippen LogP contribution is -2.25. The summed E-state index contributed by atoms with van der Waals surface area (Å²) in [4.78, 5) is 22.4. The minimum absolute atomic E-state index is 0.226. The minimum Gasteiger partial charge on any atom is -0.360 e. The van der Waals surface area contributed by atoms with Gasteiger partial charge in [-0.1, -0.05) is 37.7 Å². The summed E-state index contributed by atoms with van der Waals surface area (Å²) in [5.41, 5.74) is 6.96. The van der Waals surface area contributed by atoms with E-state index in [2.05, 4.69) is 19.2 Å². The first-order valence-electron chi connectivity index (χ1n) is 5.77. The quantitative estimate of drug-likeness (QED) is 0.880. The summed E-state index contributed by atoms with van der Waals surface area (Å²) in [5.74, 6) is 0.232. The van der Waals surface area contributed by atoms with Crippen LogP contribution >= 0.6 is 11.8 Å². The number of carbonyl (C=O) groups is 2. The zero-order chi connectivity index (χ0) is 13.7. The molecule has 0 aliphatic carbocycles. The summed E-state index contributed by atoms with van der Waals surface area (Å²) in [7, 11) is 0. The Morgan fingerprint density at radius 3 is 2.17 bits per heavy atom. The van der Waals surface area contributed by atoms with Crippen molar-refractivity contribution in [3.8, 4) is 0 Å². The highest BCUT2D eigenvalue weighted by atomic mass is 32.2. The molecule has 0 aromatic heterocycles. The topological polar surface area (TPSA) is 72.2 Å².